The quantitative estimate of drug-likeness (QED) is 0.623. The lowest BCUT2D eigenvalue weighted by Gasteiger charge is -1.98. The molecule has 3 heteroatoms. The van der Waals surface area contributed by atoms with E-state index in [-0.39, 0.29) is 0 Å². The molecule has 0 aromatic carbocycles. The SMILES string of the molecule is CC/C=C\N/C(=C\N)CF. The van der Waals surface area contributed by atoms with Crippen LogP contribution in [0.15, 0.2) is 24.2 Å². The molecule has 2 nitrogen and oxygen atoms in total. The van der Waals surface area contributed by atoms with E-state index in [0.717, 1.165) is 6.42 Å². The highest BCUT2D eigenvalue weighted by molar-refractivity contribution is 5.01. The maximum absolute atomic E-state index is 11.8. The molecular formula is C7H13FN2. The summed E-state index contributed by atoms with van der Waals surface area (Å²) in [5.41, 5.74) is 5.46. The molecule has 0 aliphatic heterocycles. The predicted octanol–water partition coefficient (Wildman–Crippen LogP) is 1.27. The molecule has 0 aliphatic carbocycles. The van der Waals surface area contributed by atoms with E-state index in [1.807, 2.05) is 13.0 Å². The maximum atomic E-state index is 11.8. The fraction of sp³-hybridized carbons (Fsp3) is 0.429. The number of nitrogens with two attached hydrogens (primary N) is 1. The van der Waals surface area contributed by atoms with Crippen LogP contribution in [0, 0.1) is 0 Å². The first-order valence-electron chi connectivity index (χ1n) is 3.23. The van der Waals surface area contributed by atoms with Gasteiger partial charge in [0.05, 0.1) is 5.70 Å². The summed E-state index contributed by atoms with van der Waals surface area (Å²) < 4.78 is 11.8. The van der Waals surface area contributed by atoms with Crippen molar-refractivity contribution in [1.82, 2.24) is 5.32 Å². The topological polar surface area (TPSA) is 38.0 Å². The summed E-state index contributed by atoms with van der Waals surface area (Å²) in [6, 6.07) is 0. The number of hydrogen-bond donors (Lipinski definition) is 2. The molecule has 0 radical (unpaired) electrons. The highest BCUT2D eigenvalue weighted by atomic mass is 19.1. The molecule has 0 rings (SSSR count). The molecule has 0 aromatic rings. The van der Waals surface area contributed by atoms with Gasteiger partial charge in [0, 0.05) is 6.20 Å². The first-order valence-corrected chi connectivity index (χ1v) is 3.23. The van der Waals surface area contributed by atoms with Gasteiger partial charge >= 0.3 is 0 Å². The van der Waals surface area contributed by atoms with Crippen molar-refractivity contribution >= 4 is 0 Å². The molecule has 0 spiro atoms. The van der Waals surface area contributed by atoms with Gasteiger partial charge in [0.1, 0.15) is 6.67 Å². The number of hydrogen-bond acceptors (Lipinski definition) is 2. The molecule has 0 unspecified atom stereocenters. The van der Waals surface area contributed by atoms with Crippen LogP contribution in [0.5, 0.6) is 0 Å². The van der Waals surface area contributed by atoms with E-state index in [1.165, 1.54) is 6.20 Å². The predicted molar refractivity (Wildman–Crippen MR) is 40.8 cm³/mol. The van der Waals surface area contributed by atoms with E-state index in [0.29, 0.717) is 5.70 Å². The molecule has 0 saturated heterocycles. The van der Waals surface area contributed by atoms with Crippen LogP contribution in [0.4, 0.5) is 4.39 Å². The molecular weight excluding hydrogens is 131 g/mol. The fourth-order valence-corrected chi connectivity index (χ4v) is 0.415. The lowest BCUT2D eigenvalue weighted by Crippen LogP contribution is -2.08. The van der Waals surface area contributed by atoms with Gasteiger partial charge in [-0.1, -0.05) is 13.0 Å². The van der Waals surface area contributed by atoms with Gasteiger partial charge < -0.3 is 11.1 Å². The average molecular weight is 144 g/mol. The van der Waals surface area contributed by atoms with E-state index < -0.39 is 6.67 Å². The summed E-state index contributed by atoms with van der Waals surface area (Å²) >= 11 is 0. The van der Waals surface area contributed by atoms with E-state index in [4.69, 9.17) is 5.73 Å². The van der Waals surface area contributed by atoms with Crippen molar-refractivity contribution in [2.24, 2.45) is 5.73 Å². The van der Waals surface area contributed by atoms with E-state index >= 15 is 0 Å². The van der Waals surface area contributed by atoms with E-state index in [1.54, 1.807) is 6.20 Å². The van der Waals surface area contributed by atoms with Crippen LogP contribution in [-0.2, 0) is 0 Å². The monoisotopic (exact) mass is 144 g/mol. The van der Waals surface area contributed by atoms with Crippen LogP contribution in [0.1, 0.15) is 13.3 Å². The van der Waals surface area contributed by atoms with Crippen molar-refractivity contribution in [3.05, 3.63) is 24.2 Å². The first-order chi connectivity index (χ1) is 4.85. The van der Waals surface area contributed by atoms with Crippen LogP contribution in [0.25, 0.3) is 0 Å². The van der Waals surface area contributed by atoms with Crippen LogP contribution in [0.2, 0.25) is 0 Å². The van der Waals surface area contributed by atoms with Crippen molar-refractivity contribution in [2.75, 3.05) is 6.67 Å². The first kappa shape index (κ1) is 9.01. The molecule has 10 heavy (non-hydrogen) atoms. The van der Waals surface area contributed by atoms with Crippen molar-refractivity contribution in [3.8, 4) is 0 Å². The van der Waals surface area contributed by atoms with Gasteiger partial charge in [-0.15, -0.1) is 0 Å². The molecule has 0 heterocycles. The molecule has 0 aromatic heterocycles. The minimum absolute atomic E-state index is 0.393. The van der Waals surface area contributed by atoms with Gasteiger partial charge in [-0.3, -0.25) is 0 Å². The number of rotatable bonds is 4. The van der Waals surface area contributed by atoms with Crippen LogP contribution >= 0.6 is 0 Å². The smallest absolute Gasteiger partial charge is 0.131 e. The van der Waals surface area contributed by atoms with Crippen molar-refractivity contribution in [1.29, 1.82) is 0 Å². The highest BCUT2D eigenvalue weighted by Gasteiger charge is 1.87. The third kappa shape index (κ3) is 3.95. The Hall–Kier alpha value is -0.990. The van der Waals surface area contributed by atoms with Crippen LogP contribution in [0.3, 0.4) is 0 Å². The zero-order valence-corrected chi connectivity index (χ0v) is 6.10. The number of alkyl halides is 1. The van der Waals surface area contributed by atoms with Gasteiger partial charge in [-0.2, -0.15) is 0 Å². The molecule has 3 N–H and O–H groups in total. The molecule has 0 amide bonds. The van der Waals surface area contributed by atoms with E-state index in [2.05, 4.69) is 5.32 Å². The Kier molecular flexibility index (Phi) is 5.53. The summed E-state index contributed by atoms with van der Waals surface area (Å²) in [7, 11) is 0. The summed E-state index contributed by atoms with van der Waals surface area (Å²) in [6.45, 7) is 1.45. The van der Waals surface area contributed by atoms with Crippen molar-refractivity contribution < 1.29 is 4.39 Å². The normalized spacial score (nSPS) is 12.4. The molecule has 58 valence electrons. The summed E-state index contributed by atoms with van der Waals surface area (Å²) in [4.78, 5) is 0. The zero-order valence-electron chi connectivity index (χ0n) is 6.10. The van der Waals surface area contributed by atoms with Gasteiger partial charge in [0.2, 0.25) is 0 Å². The largest absolute Gasteiger partial charge is 0.403 e. The Morgan fingerprint density at radius 3 is 2.80 bits per heavy atom. The minimum atomic E-state index is -0.551. The fourth-order valence-electron chi connectivity index (χ4n) is 0.415. The maximum Gasteiger partial charge on any atom is 0.131 e. The molecule has 0 saturated carbocycles. The third-order valence-electron chi connectivity index (χ3n) is 0.967. The van der Waals surface area contributed by atoms with Crippen molar-refractivity contribution in [2.45, 2.75) is 13.3 Å². The molecule has 0 bridgehead atoms. The van der Waals surface area contributed by atoms with Gasteiger partial charge in [-0.25, -0.2) is 4.39 Å². The second-order valence-corrected chi connectivity index (χ2v) is 1.78. The van der Waals surface area contributed by atoms with Crippen molar-refractivity contribution in [3.63, 3.8) is 0 Å². The molecule has 0 aliphatic rings. The molecule has 0 atom stereocenters. The Morgan fingerprint density at radius 1 is 1.70 bits per heavy atom. The Balaban J connectivity index is 3.55. The Morgan fingerprint density at radius 2 is 2.40 bits per heavy atom. The number of halogens is 1. The van der Waals surface area contributed by atoms with Crippen LogP contribution < -0.4 is 11.1 Å². The summed E-state index contributed by atoms with van der Waals surface area (Å²) in [6.07, 6.45) is 5.72. The summed E-state index contributed by atoms with van der Waals surface area (Å²) in [5, 5.41) is 2.70. The van der Waals surface area contributed by atoms with Gasteiger partial charge in [0.15, 0.2) is 0 Å². The highest BCUT2D eigenvalue weighted by Crippen LogP contribution is 1.86. The number of nitrogens with one attached hydrogen (secondary N) is 1. The van der Waals surface area contributed by atoms with Gasteiger partial charge in [-0.05, 0) is 12.6 Å². The minimum Gasteiger partial charge on any atom is -0.403 e. The summed E-state index contributed by atoms with van der Waals surface area (Å²) in [5.74, 6) is 0. The van der Waals surface area contributed by atoms with E-state index in [9.17, 15) is 4.39 Å². The lowest BCUT2D eigenvalue weighted by atomic mass is 10.4. The number of allylic oxidation sites excluding steroid dienone is 2. The Labute approximate surface area is 60.6 Å². The lowest BCUT2D eigenvalue weighted by molar-refractivity contribution is 0.528. The van der Waals surface area contributed by atoms with Crippen LogP contribution in [-0.4, -0.2) is 6.67 Å². The standard InChI is InChI=1S/C7H13FN2/c1-2-3-4-10-7(5-8)6-9/h3-4,6,10H,2,5,9H2,1H3/b4-3-,7-6-. The Bertz CT molecular complexity index is 130. The average Bonchev–Trinajstić information content (AvgIpc) is 1.99. The molecule has 0 fully saturated rings. The second kappa shape index (κ2) is 6.13. The van der Waals surface area contributed by atoms with Gasteiger partial charge in [0.25, 0.3) is 0 Å². The third-order valence-corrected chi connectivity index (χ3v) is 0.967. The zero-order chi connectivity index (χ0) is 7.82. The second-order valence-electron chi connectivity index (χ2n) is 1.78.